The van der Waals surface area contributed by atoms with Crippen molar-refractivity contribution in [2.75, 3.05) is 62.1 Å². The number of hydrogen-bond donors (Lipinski definition) is 1. The lowest BCUT2D eigenvalue weighted by Gasteiger charge is -2.38. The van der Waals surface area contributed by atoms with E-state index in [4.69, 9.17) is 9.47 Å². The number of para-hydroxylation sites is 1. The monoisotopic (exact) mass is 421 g/mol. The first-order valence-electron chi connectivity index (χ1n) is 10.5. The van der Waals surface area contributed by atoms with E-state index >= 15 is 0 Å². The molecule has 1 saturated heterocycles. The highest BCUT2D eigenvalue weighted by Gasteiger charge is 2.28. The van der Waals surface area contributed by atoms with Gasteiger partial charge in [0, 0.05) is 38.4 Å². The molecule has 31 heavy (non-hydrogen) atoms. The van der Waals surface area contributed by atoms with Gasteiger partial charge in [-0.05, 0) is 36.2 Å². The Kier molecular flexibility index (Phi) is 6.11. The zero-order valence-electron chi connectivity index (χ0n) is 17.9. The molecule has 3 aromatic rings. The molecule has 1 aliphatic rings. The van der Waals surface area contributed by atoms with Crippen LogP contribution in [-0.2, 0) is 6.42 Å². The number of piperazine rings is 1. The molecule has 0 unspecified atom stereocenters. The molecule has 1 N–H and O–H groups in total. The Morgan fingerprint density at radius 2 is 1.52 bits per heavy atom. The highest BCUT2D eigenvalue weighted by Crippen LogP contribution is 2.28. The van der Waals surface area contributed by atoms with E-state index in [9.17, 15) is 9.59 Å². The van der Waals surface area contributed by atoms with Gasteiger partial charge in [-0.25, -0.2) is 0 Å². The van der Waals surface area contributed by atoms with Gasteiger partial charge in [-0.1, -0.05) is 24.3 Å². The summed E-state index contributed by atoms with van der Waals surface area (Å²) in [5.74, 6) is 1.35. The fourth-order valence-electron chi connectivity index (χ4n) is 4.04. The predicted octanol–water partition coefficient (Wildman–Crippen LogP) is 2.28. The Hall–Kier alpha value is -3.48. The Morgan fingerprint density at radius 3 is 2.19 bits per heavy atom. The molecule has 0 aliphatic carbocycles. The normalized spacial score (nSPS) is 14.0. The molecule has 0 spiro atoms. The third-order valence-corrected chi connectivity index (χ3v) is 5.77. The number of rotatable bonds is 8. The molecule has 0 bridgehead atoms. The molecule has 1 fully saturated rings. The predicted molar refractivity (Wildman–Crippen MR) is 124 cm³/mol. The maximum Gasteiger partial charge on any atom is 0.253 e. The summed E-state index contributed by atoms with van der Waals surface area (Å²) < 4.78 is 10.6. The third kappa shape index (κ3) is 4.21. The van der Waals surface area contributed by atoms with Crippen LogP contribution < -0.4 is 35.4 Å². The molecule has 7 heteroatoms. The van der Waals surface area contributed by atoms with Gasteiger partial charge in [0.05, 0.1) is 14.2 Å². The molecule has 3 aromatic carbocycles. The van der Waals surface area contributed by atoms with E-state index in [1.165, 1.54) is 5.69 Å². The number of methoxy groups -OCH3 is 2. The Morgan fingerprint density at radius 1 is 0.839 bits per heavy atom. The highest BCUT2D eigenvalue weighted by molar-refractivity contribution is 5.75. The fraction of sp³-hybridized carbons (Fsp3) is 0.333. The summed E-state index contributed by atoms with van der Waals surface area (Å²) in [6.07, 6.45) is 0.695. The Balaban J connectivity index is 1.37. The molecule has 0 saturated carbocycles. The first kappa shape index (κ1) is 20.8. The van der Waals surface area contributed by atoms with Crippen LogP contribution >= 0.6 is 0 Å². The number of benzene rings is 2. The minimum atomic E-state index is -0.423. The van der Waals surface area contributed by atoms with E-state index in [-0.39, 0.29) is 5.43 Å². The lowest BCUT2D eigenvalue weighted by molar-refractivity contribution is 0.354. The average Bonchev–Trinajstić information content (AvgIpc) is 2.83. The third-order valence-electron chi connectivity index (χ3n) is 5.77. The maximum atomic E-state index is 12.3. The SMILES string of the molecule is COc1ccc(CCNc2c(N3CCN(c4ccccc4)CC3)c(=O)c2=O)cc1OC. The Labute approximate surface area is 181 Å². The zero-order chi connectivity index (χ0) is 21.8. The number of nitrogens with zero attached hydrogens (tertiary/aromatic N) is 2. The largest absolute Gasteiger partial charge is 0.493 e. The van der Waals surface area contributed by atoms with Crippen LogP contribution in [0.1, 0.15) is 5.56 Å². The van der Waals surface area contributed by atoms with Crippen LogP contribution in [-0.4, -0.2) is 46.9 Å². The lowest BCUT2D eigenvalue weighted by atomic mass is 10.1. The van der Waals surface area contributed by atoms with Crippen LogP contribution in [0.3, 0.4) is 0 Å². The van der Waals surface area contributed by atoms with Gasteiger partial charge in [-0.2, -0.15) is 0 Å². The van der Waals surface area contributed by atoms with Gasteiger partial charge >= 0.3 is 0 Å². The number of nitrogens with one attached hydrogen (secondary N) is 1. The van der Waals surface area contributed by atoms with Crippen molar-refractivity contribution in [1.29, 1.82) is 0 Å². The summed E-state index contributed by atoms with van der Waals surface area (Å²) >= 11 is 0. The van der Waals surface area contributed by atoms with Gasteiger partial charge in [0.2, 0.25) is 0 Å². The summed E-state index contributed by atoms with van der Waals surface area (Å²) in [5.41, 5.74) is 2.40. The molecule has 0 aromatic heterocycles. The topological polar surface area (TPSA) is 71.1 Å². The number of hydrogen-bond acceptors (Lipinski definition) is 7. The molecule has 4 rings (SSSR count). The molecule has 162 valence electrons. The number of anilines is 3. The number of ether oxygens (including phenoxy) is 2. The van der Waals surface area contributed by atoms with Gasteiger partial charge < -0.3 is 24.6 Å². The molecule has 0 atom stereocenters. The van der Waals surface area contributed by atoms with E-state index in [1.807, 2.05) is 41.3 Å². The second kappa shape index (κ2) is 9.12. The van der Waals surface area contributed by atoms with E-state index < -0.39 is 5.43 Å². The summed E-state index contributed by atoms with van der Waals surface area (Å²) in [6.45, 7) is 3.60. The lowest BCUT2D eigenvalue weighted by Crippen LogP contribution is -2.51. The van der Waals surface area contributed by atoms with Crippen molar-refractivity contribution < 1.29 is 9.47 Å². The van der Waals surface area contributed by atoms with Crippen LogP contribution in [0.4, 0.5) is 17.1 Å². The van der Waals surface area contributed by atoms with Crippen LogP contribution in [0.25, 0.3) is 0 Å². The minimum Gasteiger partial charge on any atom is -0.493 e. The van der Waals surface area contributed by atoms with Gasteiger partial charge in [0.1, 0.15) is 11.4 Å². The van der Waals surface area contributed by atoms with Gasteiger partial charge in [-0.15, -0.1) is 0 Å². The van der Waals surface area contributed by atoms with Crippen molar-refractivity contribution in [3.63, 3.8) is 0 Å². The van der Waals surface area contributed by atoms with Crippen molar-refractivity contribution in [2.24, 2.45) is 0 Å². The smallest absolute Gasteiger partial charge is 0.253 e. The van der Waals surface area contributed by atoms with Crippen LogP contribution in [0.2, 0.25) is 0 Å². The van der Waals surface area contributed by atoms with Crippen molar-refractivity contribution in [3.8, 4) is 11.5 Å². The molecular weight excluding hydrogens is 394 g/mol. The maximum absolute atomic E-state index is 12.3. The second-order valence-corrected chi connectivity index (χ2v) is 7.56. The van der Waals surface area contributed by atoms with Crippen molar-refractivity contribution in [1.82, 2.24) is 0 Å². The fourth-order valence-corrected chi connectivity index (χ4v) is 4.04. The summed E-state index contributed by atoms with van der Waals surface area (Å²) in [6, 6.07) is 16.0. The van der Waals surface area contributed by atoms with Crippen LogP contribution in [0.5, 0.6) is 11.5 Å². The van der Waals surface area contributed by atoms with Crippen molar-refractivity contribution >= 4 is 17.1 Å². The molecule has 0 amide bonds. The minimum absolute atomic E-state index is 0.387. The van der Waals surface area contributed by atoms with Crippen molar-refractivity contribution in [3.05, 3.63) is 74.5 Å². The average molecular weight is 421 g/mol. The first-order valence-corrected chi connectivity index (χ1v) is 10.5. The molecular formula is C24H27N3O4. The van der Waals surface area contributed by atoms with Gasteiger partial charge in [0.25, 0.3) is 10.9 Å². The van der Waals surface area contributed by atoms with E-state index in [2.05, 4.69) is 22.3 Å². The van der Waals surface area contributed by atoms with E-state index in [1.54, 1.807) is 14.2 Å². The summed E-state index contributed by atoms with van der Waals surface area (Å²) in [5, 5.41) is 3.19. The Bertz CT molecular complexity index is 1100. The van der Waals surface area contributed by atoms with Gasteiger partial charge in [-0.3, -0.25) is 9.59 Å². The van der Waals surface area contributed by atoms with Crippen molar-refractivity contribution in [2.45, 2.75) is 6.42 Å². The van der Waals surface area contributed by atoms with E-state index in [0.717, 1.165) is 18.7 Å². The summed E-state index contributed by atoms with van der Waals surface area (Å²) in [4.78, 5) is 28.8. The molecule has 1 heterocycles. The van der Waals surface area contributed by atoms with Gasteiger partial charge in [0.15, 0.2) is 11.5 Å². The molecule has 7 nitrogen and oxygen atoms in total. The van der Waals surface area contributed by atoms with Crippen LogP contribution in [0.15, 0.2) is 58.1 Å². The van der Waals surface area contributed by atoms with Crippen LogP contribution in [0, 0.1) is 0 Å². The second-order valence-electron chi connectivity index (χ2n) is 7.56. The summed E-state index contributed by atoms with van der Waals surface area (Å²) in [7, 11) is 3.21. The first-order chi connectivity index (χ1) is 15.1. The quantitative estimate of drug-likeness (QED) is 0.560. The standard InChI is InChI=1S/C24H27N3O4/c1-30-19-9-8-17(16-20(19)31-2)10-11-25-21-22(24(29)23(21)28)27-14-12-26(13-15-27)18-6-4-3-5-7-18/h3-9,16,25H,10-15H2,1-2H3. The molecule has 1 aliphatic heterocycles. The highest BCUT2D eigenvalue weighted by atomic mass is 16.5. The molecule has 0 radical (unpaired) electrons. The zero-order valence-corrected chi connectivity index (χ0v) is 17.9. The van der Waals surface area contributed by atoms with E-state index in [0.29, 0.717) is 48.9 Å².